The summed E-state index contributed by atoms with van der Waals surface area (Å²) in [6.45, 7) is 4.34. The molecule has 156 valence electrons. The third-order valence-electron chi connectivity index (χ3n) is 6.30. The number of unbranched alkanes of at least 4 members (excludes halogenated alkanes) is 1. The van der Waals surface area contributed by atoms with Crippen molar-refractivity contribution in [2.24, 2.45) is 5.73 Å². The van der Waals surface area contributed by atoms with Gasteiger partial charge in [0, 0.05) is 12.6 Å². The van der Waals surface area contributed by atoms with Crippen molar-refractivity contribution in [1.29, 1.82) is 0 Å². The van der Waals surface area contributed by atoms with Gasteiger partial charge in [0.15, 0.2) is 0 Å². The maximum absolute atomic E-state index is 11.3. The molecule has 0 spiro atoms. The van der Waals surface area contributed by atoms with Gasteiger partial charge in [0.25, 0.3) is 0 Å². The van der Waals surface area contributed by atoms with Crippen LogP contribution in [0.3, 0.4) is 0 Å². The zero-order chi connectivity index (χ0) is 19.8. The highest BCUT2D eigenvalue weighted by molar-refractivity contribution is 5.48. The molecule has 3 rings (SSSR count). The number of para-hydroxylation sites is 1. The van der Waals surface area contributed by atoms with Crippen LogP contribution in [0.2, 0.25) is 0 Å². The fourth-order valence-electron chi connectivity index (χ4n) is 4.51. The van der Waals surface area contributed by atoms with E-state index in [4.69, 9.17) is 15.2 Å². The van der Waals surface area contributed by atoms with Crippen molar-refractivity contribution >= 4 is 6.41 Å². The van der Waals surface area contributed by atoms with E-state index < -0.39 is 0 Å². The van der Waals surface area contributed by atoms with Crippen LogP contribution in [0.1, 0.15) is 69.8 Å². The summed E-state index contributed by atoms with van der Waals surface area (Å²) in [5, 5.41) is 0. The molecule has 2 unspecified atom stereocenters. The highest BCUT2D eigenvalue weighted by atomic mass is 16.5. The van der Waals surface area contributed by atoms with E-state index in [-0.39, 0.29) is 18.2 Å². The summed E-state index contributed by atoms with van der Waals surface area (Å²) in [5.41, 5.74) is 7.58. The van der Waals surface area contributed by atoms with E-state index in [1.165, 1.54) is 5.56 Å². The Labute approximate surface area is 169 Å². The molecule has 1 aliphatic heterocycles. The number of carbonyl (C=O) groups is 1. The minimum absolute atomic E-state index is 0.0247. The number of amides is 1. The van der Waals surface area contributed by atoms with Gasteiger partial charge in [0.1, 0.15) is 5.75 Å². The standard InChI is InChI=1S/C23H36N2O3/c1-2-3-15-27-23-9-5-4-7-20(23)18-10-12-19(13-11-18)28-16-22-21(24)8-6-14-25(22)17-26/h4-5,7,9,17-19,21-22H,2-3,6,8,10-16,24H2,1H3. The SMILES string of the molecule is CCCCOc1ccccc1C1CCC(OCC2C(N)CCCN2C=O)CC1. The number of carbonyl (C=O) groups excluding carboxylic acids is 1. The van der Waals surface area contributed by atoms with Gasteiger partial charge in [-0.15, -0.1) is 0 Å². The summed E-state index contributed by atoms with van der Waals surface area (Å²) >= 11 is 0. The molecule has 1 heterocycles. The second-order valence-corrected chi connectivity index (χ2v) is 8.26. The number of piperidine rings is 1. The van der Waals surface area contributed by atoms with Gasteiger partial charge < -0.3 is 20.1 Å². The summed E-state index contributed by atoms with van der Waals surface area (Å²) in [5.74, 6) is 1.59. The van der Waals surface area contributed by atoms with Crippen LogP contribution in [0.5, 0.6) is 5.75 Å². The van der Waals surface area contributed by atoms with Crippen LogP contribution in [0.25, 0.3) is 0 Å². The lowest BCUT2D eigenvalue weighted by Crippen LogP contribution is -2.54. The van der Waals surface area contributed by atoms with Crippen molar-refractivity contribution in [1.82, 2.24) is 4.90 Å². The molecule has 0 radical (unpaired) electrons. The maximum atomic E-state index is 11.3. The van der Waals surface area contributed by atoms with Gasteiger partial charge in [0.05, 0.1) is 25.4 Å². The Balaban J connectivity index is 1.49. The molecule has 1 amide bonds. The lowest BCUT2D eigenvalue weighted by Gasteiger charge is -2.38. The monoisotopic (exact) mass is 388 g/mol. The first-order valence-electron chi connectivity index (χ1n) is 11.0. The average Bonchev–Trinajstić information content (AvgIpc) is 2.74. The van der Waals surface area contributed by atoms with Crippen LogP contribution in [0.4, 0.5) is 0 Å². The Morgan fingerprint density at radius 2 is 1.96 bits per heavy atom. The van der Waals surface area contributed by atoms with Gasteiger partial charge in [0.2, 0.25) is 6.41 Å². The smallest absolute Gasteiger partial charge is 0.210 e. The molecular weight excluding hydrogens is 352 g/mol. The predicted molar refractivity (Wildman–Crippen MR) is 112 cm³/mol. The third-order valence-corrected chi connectivity index (χ3v) is 6.30. The van der Waals surface area contributed by atoms with Gasteiger partial charge in [-0.3, -0.25) is 4.79 Å². The first-order chi connectivity index (χ1) is 13.7. The van der Waals surface area contributed by atoms with Crippen LogP contribution in [0.15, 0.2) is 24.3 Å². The molecule has 5 heteroatoms. The number of rotatable bonds is 9. The van der Waals surface area contributed by atoms with E-state index in [1.807, 2.05) is 4.90 Å². The molecule has 28 heavy (non-hydrogen) atoms. The van der Waals surface area contributed by atoms with E-state index in [0.717, 1.165) is 76.7 Å². The Morgan fingerprint density at radius 1 is 1.18 bits per heavy atom. The number of hydrogen-bond acceptors (Lipinski definition) is 4. The van der Waals surface area contributed by atoms with Crippen LogP contribution >= 0.6 is 0 Å². The predicted octanol–water partition coefficient (Wildman–Crippen LogP) is 3.86. The molecule has 1 aromatic rings. The zero-order valence-corrected chi connectivity index (χ0v) is 17.2. The van der Waals surface area contributed by atoms with Crippen LogP contribution < -0.4 is 10.5 Å². The lowest BCUT2D eigenvalue weighted by atomic mass is 9.82. The van der Waals surface area contributed by atoms with E-state index in [9.17, 15) is 4.79 Å². The van der Waals surface area contributed by atoms with Gasteiger partial charge in [-0.25, -0.2) is 0 Å². The second kappa shape index (κ2) is 10.8. The molecule has 2 N–H and O–H groups in total. The Hall–Kier alpha value is -1.59. The lowest BCUT2D eigenvalue weighted by molar-refractivity contribution is -0.124. The fourth-order valence-corrected chi connectivity index (χ4v) is 4.51. The van der Waals surface area contributed by atoms with Crippen molar-refractivity contribution < 1.29 is 14.3 Å². The zero-order valence-electron chi connectivity index (χ0n) is 17.2. The van der Waals surface area contributed by atoms with E-state index in [1.54, 1.807) is 0 Å². The maximum Gasteiger partial charge on any atom is 0.210 e. The van der Waals surface area contributed by atoms with Gasteiger partial charge in [-0.05, 0) is 62.5 Å². The van der Waals surface area contributed by atoms with Crippen molar-refractivity contribution in [2.75, 3.05) is 19.8 Å². The molecule has 0 aromatic heterocycles. The fraction of sp³-hybridized carbons (Fsp3) is 0.696. The van der Waals surface area contributed by atoms with Crippen molar-refractivity contribution in [3.05, 3.63) is 29.8 Å². The first-order valence-corrected chi connectivity index (χ1v) is 11.0. The highest BCUT2D eigenvalue weighted by Crippen LogP contribution is 2.38. The van der Waals surface area contributed by atoms with Crippen molar-refractivity contribution in [3.8, 4) is 5.75 Å². The Kier molecular flexibility index (Phi) is 8.16. The van der Waals surface area contributed by atoms with Gasteiger partial charge in [-0.1, -0.05) is 31.5 Å². The largest absolute Gasteiger partial charge is 0.493 e. The number of nitrogens with two attached hydrogens (primary N) is 1. The minimum Gasteiger partial charge on any atom is -0.493 e. The minimum atomic E-state index is 0.0247. The van der Waals surface area contributed by atoms with Gasteiger partial charge in [-0.2, -0.15) is 0 Å². The van der Waals surface area contributed by atoms with Crippen LogP contribution in [-0.2, 0) is 9.53 Å². The van der Waals surface area contributed by atoms with Crippen molar-refractivity contribution in [3.63, 3.8) is 0 Å². The molecule has 1 aromatic carbocycles. The first kappa shape index (κ1) is 21.1. The molecule has 0 bridgehead atoms. The van der Waals surface area contributed by atoms with E-state index in [2.05, 4.69) is 31.2 Å². The molecule has 2 aliphatic rings. The summed E-state index contributed by atoms with van der Waals surface area (Å²) in [6, 6.07) is 8.55. The van der Waals surface area contributed by atoms with Crippen LogP contribution in [0, 0.1) is 0 Å². The molecule has 1 aliphatic carbocycles. The quantitative estimate of drug-likeness (QED) is 0.515. The third kappa shape index (κ3) is 5.48. The highest BCUT2D eigenvalue weighted by Gasteiger charge is 2.30. The average molecular weight is 389 g/mol. The molecule has 1 saturated carbocycles. The normalized spacial score (nSPS) is 28.1. The number of ether oxygens (including phenoxy) is 2. The van der Waals surface area contributed by atoms with E-state index >= 15 is 0 Å². The number of benzene rings is 1. The Bertz CT molecular complexity index is 601. The molecule has 5 nitrogen and oxygen atoms in total. The summed E-state index contributed by atoms with van der Waals surface area (Å²) in [7, 11) is 0. The van der Waals surface area contributed by atoms with Gasteiger partial charge >= 0.3 is 0 Å². The summed E-state index contributed by atoms with van der Waals surface area (Å²) < 4.78 is 12.2. The topological polar surface area (TPSA) is 64.8 Å². The number of likely N-dealkylation sites (tertiary alicyclic amines) is 1. The molecule has 2 atom stereocenters. The second-order valence-electron chi connectivity index (χ2n) is 8.26. The summed E-state index contributed by atoms with van der Waals surface area (Å²) in [4.78, 5) is 13.1. The molecular formula is C23H36N2O3. The number of nitrogens with zero attached hydrogens (tertiary/aromatic N) is 1. The van der Waals surface area contributed by atoms with Crippen LogP contribution in [-0.4, -0.2) is 49.3 Å². The Morgan fingerprint density at radius 3 is 2.71 bits per heavy atom. The van der Waals surface area contributed by atoms with Crippen molar-refractivity contribution in [2.45, 2.75) is 82.4 Å². The van der Waals surface area contributed by atoms with E-state index in [0.29, 0.717) is 12.5 Å². The summed E-state index contributed by atoms with van der Waals surface area (Å²) in [6.07, 6.45) is 9.74. The molecule has 2 fully saturated rings. The number of hydrogen-bond donors (Lipinski definition) is 1. The molecule has 1 saturated heterocycles.